The second kappa shape index (κ2) is 5.32. The van der Waals surface area contributed by atoms with Crippen molar-refractivity contribution in [3.63, 3.8) is 0 Å². The maximum absolute atomic E-state index is 12.3. The van der Waals surface area contributed by atoms with Crippen molar-refractivity contribution < 1.29 is 9.59 Å². The molecule has 2 rings (SSSR count). The Morgan fingerprint density at radius 2 is 2.15 bits per heavy atom. The lowest BCUT2D eigenvalue weighted by Gasteiger charge is -2.03. The van der Waals surface area contributed by atoms with Crippen molar-refractivity contribution in [1.29, 1.82) is 0 Å². The number of amides is 1. The Hall–Kier alpha value is -2.37. The molecule has 2 aromatic rings. The van der Waals surface area contributed by atoms with Crippen molar-refractivity contribution in [3.05, 3.63) is 34.8 Å². The molecule has 0 saturated heterocycles. The van der Waals surface area contributed by atoms with Crippen molar-refractivity contribution in [3.8, 4) is 0 Å². The Bertz CT molecular complexity index is 667. The SMILES string of the molecule is CCc1c(C(=O)Nc2ccn(C)n2)[nH]c(C)c1C(C)=O. The molecule has 2 heterocycles. The molecule has 0 aliphatic carbocycles. The molecule has 1 amide bonds. The van der Waals surface area contributed by atoms with Crippen molar-refractivity contribution in [2.24, 2.45) is 7.05 Å². The maximum Gasteiger partial charge on any atom is 0.273 e. The highest BCUT2D eigenvalue weighted by molar-refractivity contribution is 6.07. The maximum atomic E-state index is 12.3. The predicted octanol–water partition coefficient (Wildman–Crippen LogP) is 2.07. The van der Waals surface area contributed by atoms with Gasteiger partial charge >= 0.3 is 0 Å². The molecule has 2 aromatic heterocycles. The van der Waals surface area contributed by atoms with Crippen molar-refractivity contribution in [2.45, 2.75) is 27.2 Å². The average Bonchev–Trinajstić information content (AvgIpc) is 2.92. The molecule has 6 nitrogen and oxygen atoms in total. The monoisotopic (exact) mass is 274 g/mol. The predicted molar refractivity (Wildman–Crippen MR) is 76.1 cm³/mol. The molecule has 0 saturated carbocycles. The van der Waals surface area contributed by atoms with Gasteiger partial charge in [0.15, 0.2) is 11.6 Å². The van der Waals surface area contributed by atoms with E-state index in [0.29, 0.717) is 23.5 Å². The number of aromatic amines is 1. The molecule has 0 atom stereocenters. The third-order valence-electron chi connectivity index (χ3n) is 3.18. The minimum Gasteiger partial charge on any atom is -0.354 e. The van der Waals surface area contributed by atoms with Gasteiger partial charge in [-0.1, -0.05) is 6.92 Å². The highest BCUT2D eigenvalue weighted by atomic mass is 16.2. The summed E-state index contributed by atoms with van der Waals surface area (Å²) in [5.41, 5.74) is 2.52. The molecule has 0 spiro atoms. The smallest absolute Gasteiger partial charge is 0.273 e. The number of nitrogens with one attached hydrogen (secondary N) is 2. The van der Waals surface area contributed by atoms with Crippen LogP contribution >= 0.6 is 0 Å². The van der Waals surface area contributed by atoms with Crippen LogP contribution in [0.4, 0.5) is 5.82 Å². The normalized spacial score (nSPS) is 10.6. The number of carbonyl (C=O) groups is 2. The number of anilines is 1. The van der Waals surface area contributed by atoms with Crippen molar-refractivity contribution in [1.82, 2.24) is 14.8 Å². The summed E-state index contributed by atoms with van der Waals surface area (Å²) >= 11 is 0. The molecule has 2 N–H and O–H groups in total. The second-order valence-corrected chi connectivity index (χ2v) is 4.72. The van der Waals surface area contributed by atoms with E-state index in [2.05, 4.69) is 15.4 Å². The minimum absolute atomic E-state index is 0.0347. The highest BCUT2D eigenvalue weighted by Gasteiger charge is 2.21. The van der Waals surface area contributed by atoms with E-state index < -0.39 is 0 Å². The lowest BCUT2D eigenvalue weighted by atomic mass is 10.0. The zero-order chi connectivity index (χ0) is 14.9. The van der Waals surface area contributed by atoms with E-state index >= 15 is 0 Å². The zero-order valence-electron chi connectivity index (χ0n) is 12.1. The quantitative estimate of drug-likeness (QED) is 0.838. The number of Topliss-reactive ketones (excluding diaryl/α,β-unsaturated/α-hetero) is 1. The molecule has 20 heavy (non-hydrogen) atoms. The molecule has 0 aliphatic rings. The molecule has 0 fully saturated rings. The molecule has 0 radical (unpaired) electrons. The van der Waals surface area contributed by atoms with Gasteiger partial charge in [0.25, 0.3) is 5.91 Å². The molecule has 0 unspecified atom stereocenters. The summed E-state index contributed by atoms with van der Waals surface area (Å²) < 4.78 is 1.61. The first kappa shape index (κ1) is 14.0. The standard InChI is InChI=1S/C14H18N4O2/c1-5-10-12(9(3)19)8(2)15-13(10)14(20)16-11-6-7-18(4)17-11/h6-7,15H,5H2,1-4H3,(H,16,17,20). The number of aryl methyl sites for hydroxylation is 2. The van der Waals surface area contributed by atoms with Crippen LogP contribution < -0.4 is 5.32 Å². The Morgan fingerprint density at radius 3 is 2.65 bits per heavy atom. The van der Waals surface area contributed by atoms with E-state index in [9.17, 15) is 9.59 Å². The van der Waals surface area contributed by atoms with Crippen LogP contribution in [-0.2, 0) is 13.5 Å². The van der Waals surface area contributed by atoms with Crippen LogP contribution in [0.2, 0.25) is 0 Å². The van der Waals surface area contributed by atoms with Gasteiger partial charge in [0.1, 0.15) is 5.69 Å². The van der Waals surface area contributed by atoms with E-state index in [1.165, 1.54) is 6.92 Å². The van der Waals surface area contributed by atoms with Crippen molar-refractivity contribution >= 4 is 17.5 Å². The molecule has 0 aromatic carbocycles. The molecular formula is C14H18N4O2. The number of hydrogen-bond donors (Lipinski definition) is 2. The Balaban J connectivity index is 2.35. The van der Waals surface area contributed by atoms with Gasteiger partial charge in [-0.15, -0.1) is 0 Å². The number of carbonyl (C=O) groups excluding carboxylic acids is 2. The van der Waals surface area contributed by atoms with Gasteiger partial charge in [-0.2, -0.15) is 5.10 Å². The number of aromatic nitrogens is 3. The summed E-state index contributed by atoms with van der Waals surface area (Å²) in [6, 6.07) is 1.71. The first-order valence-electron chi connectivity index (χ1n) is 6.47. The fraction of sp³-hybridized carbons (Fsp3) is 0.357. The van der Waals surface area contributed by atoms with Crippen LogP contribution in [0.25, 0.3) is 0 Å². The number of H-pyrrole nitrogens is 1. The summed E-state index contributed by atoms with van der Waals surface area (Å²) in [5, 5.41) is 6.82. The van der Waals surface area contributed by atoms with E-state index in [-0.39, 0.29) is 11.7 Å². The Kier molecular flexibility index (Phi) is 3.74. The number of ketones is 1. The van der Waals surface area contributed by atoms with E-state index in [0.717, 1.165) is 11.3 Å². The van der Waals surface area contributed by atoms with Crippen LogP contribution in [0.1, 0.15) is 46.0 Å². The minimum atomic E-state index is -0.281. The fourth-order valence-electron chi connectivity index (χ4n) is 2.36. The number of rotatable bonds is 4. The fourth-order valence-corrected chi connectivity index (χ4v) is 2.36. The molecular weight excluding hydrogens is 256 g/mol. The first-order valence-corrected chi connectivity index (χ1v) is 6.47. The third kappa shape index (κ3) is 2.49. The van der Waals surface area contributed by atoms with Gasteiger partial charge in [0, 0.05) is 30.6 Å². The van der Waals surface area contributed by atoms with E-state index in [4.69, 9.17) is 0 Å². The van der Waals surface area contributed by atoms with Gasteiger partial charge in [0.05, 0.1) is 0 Å². The molecule has 106 valence electrons. The lowest BCUT2D eigenvalue weighted by molar-refractivity contribution is 0.101. The second-order valence-electron chi connectivity index (χ2n) is 4.72. The summed E-state index contributed by atoms with van der Waals surface area (Å²) in [4.78, 5) is 27.0. The Labute approximate surface area is 117 Å². The lowest BCUT2D eigenvalue weighted by Crippen LogP contribution is -2.15. The van der Waals surface area contributed by atoms with Gasteiger partial charge in [-0.25, -0.2) is 0 Å². The number of nitrogens with zero attached hydrogens (tertiary/aromatic N) is 2. The Morgan fingerprint density at radius 1 is 1.45 bits per heavy atom. The molecule has 0 aliphatic heterocycles. The molecule has 6 heteroatoms. The first-order chi connectivity index (χ1) is 9.43. The van der Waals surface area contributed by atoms with Crippen LogP contribution in [0.15, 0.2) is 12.3 Å². The third-order valence-corrected chi connectivity index (χ3v) is 3.18. The van der Waals surface area contributed by atoms with Gasteiger partial charge < -0.3 is 10.3 Å². The van der Waals surface area contributed by atoms with Crippen molar-refractivity contribution in [2.75, 3.05) is 5.32 Å². The highest BCUT2D eigenvalue weighted by Crippen LogP contribution is 2.21. The van der Waals surface area contributed by atoms with Crippen LogP contribution in [-0.4, -0.2) is 26.5 Å². The average molecular weight is 274 g/mol. The van der Waals surface area contributed by atoms with Crippen LogP contribution in [0, 0.1) is 6.92 Å². The van der Waals surface area contributed by atoms with Crippen LogP contribution in [0.5, 0.6) is 0 Å². The van der Waals surface area contributed by atoms with E-state index in [1.807, 2.05) is 6.92 Å². The number of hydrogen-bond acceptors (Lipinski definition) is 3. The summed E-state index contributed by atoms with van der Waals surface area (Å²) in [6.45, 7) is 5.23. The largest absolute Gasteiger partial charge is 0.354 e. The summed E-state index contributed by atoms with van der Waals surface area (Å²) in [7, 11) is 1.78. The van der Waals surface area contributed by atoms with Gasteiger partial charge in [-0.3, -0.25) is 14.3 Å². The topological polar surface area (TPSA) is 79.8 Å². The van der Waals surface area contributed by atoms with E-state index in [1.54, 1.807) is 30.9 Å². The molecule has 0 bridgehead atoms. The summed E-state index contributed by atoms with van der Waals surface area (Å²) in [6.07, 6.45) is 2.36. The summed E-state index contributed by atoms with van der Waals surface area (Å²) in [5.74, 6) is 0.166. The van der Waals surface area contributed by atoms with Gasteiger partial charge in [0.2, 0.25) is 0 Å². The zero-order valence-corrected chi connectivity index (χ0v) is 12.1. The van der Waals surface area contributed by atoms with Gasteiger partial charge in [-0.05, 0) is 25.8 Å². The van der Waals surface area contributed by atoms with Crippen LogP contribution in [0.3, 0.4) is 0 Å².